The molecule has 0 unspecified atom stereocenters. The molecule has 0 aliphatic carbocycles. The molecule has 0 heterocycles. The number of carbonyl (C=O) groups excluding carboxylic acids is 1. The van der Waals surface area contributed by atoms with Gasteiger partial charge in [-0.05, 0) is 25.1 Å². The van der Waals surface area contributed by atoms with Gasteiger partial charge in [-0.25, -0.2) is 0 Å². The van der Waals surface area contributed by atoms with Crippen LogP contribution in [0.3, 0.4) is 0 Å². The molecule has 0 saturated heterocycles. The lowest BCUT2D eigenvalue weighted by Crippen LogP contribution is -2.27. The summed E-state index contributed by atoms with van der Waals surface area (Å²) in [5.41, 5.74) is 1.37. The highest BCUT2D eigenvalue weighted by atomic mass is 35.5. The maximum Gasteiger partial charge on any atom is 0.252 e. The Bertz CT molecular complexity index is 449. The fourth-order valence-corrected chi connectivity index (χ4v) is 1.67. The van der Waals surface area contributed by atoms with Gasteiger partial charge >= 0.3 is 0 Å². The number of halogens is 1. The highest BCUT2D eigenvalue weighted by Gasteiger charge is 2.09. The summed E-state index contributed by atoms with van der Waals surface area (Å²) in [6.45, 7) is 6.98. The van der Waals surface area contributed by atoms with Crippen LogP contribution < -0.4 is 5.32 Å². The molecule has 1 aromatic carbocycles. The van der Waals surface area contributed by atoms with Crippen molar-refractivity contribution < 1.29 is 9.53 Å². The monoisotopic (exact) mass is 285 g/mol. The van der Waals surface area contributed by atoms with Gasteiger partial charge in [0.25, 0.3) is 5.91 Å². The minimum Gasteiger partial charge on any atom is -0.375 e. The van der Waals surface area contributed by atoms with Gasteiger partial charge in [0, 0.05) is 11.4 Å². The van der Waals surface area contributed by atoms with Gasteiger partial charge in [-0.3, -0.25) is 4.79 Å². The van der Waals surface area contributed by atoms with Crippen LogP contribution in [0.1, 0.15) is 17.3 Å². The zero-order valence-corrected chi connectivity index (χ0v) is 11.9. The van der Waals surface area contributed by atoms with Crippen LogP contribution in [0, 0.1) is 0 Å². The van der Waals surface area contributed by atoms with Crippen LogP contribution in [0.25, 0.3) is 0 Å². The van der Waals surface area contributed by atoms with Crippen LogP contribution in [0.2, 0.25) is 5.02 Å². The molecule has 1 aromatic rings. The molecule has 98 valence electrons. The van der Waals surface area contributed by atoms with Crippen molar-refractivity contribution in [2.45, 2.75) is 11.8 Å². The first kappa shape index (κ1) is 15.1. The second kappa shape index (κ2) is 7.46. The van der Waals surface area contributed by atoms with Crippen molar-refractivity contribution >= 4 is 30.1 Å². The Morgan fingerprint density at radius 1 is 1.56 bits per heavy atom. The summed E-state index contributed by atoms with van der Waals surface area (Å²) in [7, 11) is 0. The first-order valence-corrected chi connectivity index (χ1v) is 6.32. The Balaban J connectivity index is 2.41. The number of nitrogens with one attached hydrogen (secondary N) is 1. The van der Waals surface area contributed by atoms with Crippen LogP contribution in [-0.4, -0.2) is 25.7 Å². The summed E-state index contributed by atoms with van der Waals surface area (Å²) in [5, 5.41) is 3.14. The van der Waals surface area contributed by atoms with Crippen molar-refractivity contribution in [3.63, 3.8) is 0 Å². The predicted molar refractivity (Wildman–Crippen MR) is 76.7 cm³/mol. The van der Waals surface area contributed by atoms with Gasteiger partial charge in [-0.1, -0.05) is 23.8 Å². The minimum absolute atomic E-state index is 0.227. The zero-order chi connectivity index (χ0) is 13.5. The third-order valence-electron chi connectivity index (χ3n) is 2.07. The molecule has 18 heavy (non-hydrogen) atoms. The number of hydrogen-bond donors (Lipinski definition) is 2. The smallest absolute Gasteiger partial charge is 0.252 e. The maximum absolute atomic E-state index is 11.8. The molecule has 0 fully saturated rings. The molecule has 0 radical (unpaired) electrons. The number of ether oxygens (including phenoxy) is 1. The van der Waals surface area contributed by atoms with E-state index in [9.17, 15) is 4.79 Å². The second-order valence-electron chi connectivity index (χ2n) is 3.93. The van der Waals surface area contributed by atoms with Gasteiger partial charge in [0.15, 0.2) is 0 Å². The van der Waals surface area contributed by atoms with Crippen molar-refractivity contribution in [2.75, 3.05) is 19.8 Å². The van der Waals surface area contributed by atoms with E-state index in [0.29, 0.717) is 35.2 Å². The predicted octanol–water partition coefficient (Wildman–Crippen LogP) is 2.95. The fraction of sp³-hybridized carbons (Fsp3) is 0.308. The third-order valence-corrected chi connectivity index (χ3v) is 2.68. The van der Waals surface area contributed by atoms with E-state index < -0.39 is 0 Å². The Hall–Kier alpha value is -0.970. The van der Waals surface area contributed by atoms with Gasteiger partial charge in [0.1, 0.15) is 0 Å². The number of rotatable bonds is 6. The molecule has 1 rings (SSSR count). The Labute approximate surface area is 118 Å². The second-order valence-corrected chi connectivity index (χ2v) is 4.85. The fourth-order valence-electron chi connectivity index (χ4n) is 1.27. The quantitative estimate of drug-likeness (QED) is 0.479. The molecule has 0 bridgehead atoms. The van der Waals surface area contributed by atoms with E-state index >= 15 is 0 Å². The first-order valence-electron chi connectivity index (χ1n) is 5.49. The highest BCUT2D eigenvalue weighted by Crippen LogP contribution is 2.19. The average Bonchev–Trinajstić information content (AvgIpc) is 2.31. The first-order chi connectivity index (χ1) is 8.50. The van der Waals surface area contributed by atoms with Crippen molar-refractivity contribution in [3.05, 3.63) is 40.9 Å². The van der Waals surface area contributed by atoms with Crippen molar-refractivity contribution in [2.24, 2.45) is 0 Å². The Morgan fingerprint density at radius 2 is 2.28 bits per heavy atom. The Kier molecular flexibility index (Phi) is 6.25. The molecular weight excluding hydrogens is 270 g/mol. The molecule has 0 spiro atoms. The van der Waals surface area contributed by atoms with Crippen molar-refractivity contribution in [3.8, 4) is 0 Å². The maximum atomic E-state index is 11.8. The number of carbonyl (C=O) groups is 1. The van der Waals surface area contributed by atoms with Crippen LogP contribution in [0.5, 0.6) is 0 Å². The van der Waals surface area contributed by atoms with Crippen LogP contribution >= 0.6 is 24.2 Å². The van der Waals surface area contributed by atoms with E-state index in [0.717, 1.165) is 5.57 Å². The van der Waals surface area contributed by atoms with Gasteiger partial charge < -0.3 is 10.1 Å². The van der Waals surface area contributed by atoms with E-state index in [1.54, 1.807) is 18.2 Å². The molecule has 1 N–H and O–H groups in total. The van der Waals surface area contributed by atoms with Crippen molar-refractivity contribution in [1.29, 1.82) is 0 Å². The number of hydrogen-bond acceptors (Lipinski definition) is 3. The van der Waals surface area contributed by atoms with Gasteiger partial charge in [0.05, 0.1) is 23.8 Å². The normalized spacial score (nSPS) is 10.2. The van der Waals surface area contributed by atoms with Gasteiger partial charge in [-0.15, -0.1) is 12.6 Å². The van der Waals surface area contributed by atoms with E-state index in [1.807, 2.05) is 6.92 Å². The van der Waals surface area contributed by atoms with E-state index in [4.69, 9.17) is 16.3 Å². The lowest BCUT2D eigenvalue weighted by atomic mass is 10.2. The number of amides is 1. The number of thiol groups is 1. The summed E-state index contributed by atoms with van der Waals surface area (Å²) in [6.07, 6.45) is 0. The summed E-state index contributed by atoms with van der Waals surface area (Å²) in [6, 6.07) is 5.02. The highest BCUT2D eigenvalue weighted by molar-refractivity contribution is 7.80. The van der Waals surface area contributed by atoms with E-state index in [2.05, 4.69) is 24.5 Å². The topological polar surface area (TPSA) is 38.3 Å². The molecule has 0 aromatic heterocycles. The summed E-state index contributed by atoms with van der Waals surface area (Å²) in [4.78, 5) is 12.5. The molecular formula is C13H16ClNO2S. The average molecular weight is 286 g/mol. The lowest BCUT2D eigenvalue weighted by Gasteiger charge is -2.08. The molecule has 0 aliphatic rings. The lowest BCUT2D eigenvalue weighted by molar-refractivity contribution is 0.0926. The van der Waals surface area contributed by atoms with Gasteiger partial charge in [-0.2, -0.15) is 0 Å². The third kappa shape index (κ3) is 5.12. The summed E-state index contributed by atoms with van der Waals surface area (Å²) in [5.74, 6) is -0.227. The standard InChI is InChI=1S/C13H16ClNO2S/c1-9(2)8-17-6-5-15-13(16)11-7-10(18)3-4-12(11)14/h3-4,7,18H,1,5-6,8H2,2H3,(H,15,16). The Morgan fingerprint density at radius 3 is 2.94 bits per heavy atom. The molecule has 0 atom stereocenters. The van der Waals surface area contributed by atoms with Crippen molar-refractivity contribution in [1.82, 2.24) is 5.32 Å². The minimum atomic E-state index is -0.227. The van der Waals surface area contributed by atoms with E-state index in [1.165, 1.54) is 0 Å². The van der Waals surface area contributed by atoms with Crippen LogP contribution in [0.4, 0.5) is 0 Å². The van der Waals surface area contributed by atoms with Crippen LogP contribution in [0.15, 0.2) is 35.2 Å². The van der Waals surface area contributed by atoms with E-state index in [-0.39, 0.29) is 5.91 Å². The molecule has 3 nitrogen and oxygen atoms in total. The molecule has 0 aliphatic heterocycles. The number of benzene rings is 1. The largest absolute Gasteiger partial charge is 0.375 e. The van der Waals surface area contributed by atoms with Crippen LogP contribution in [-0.2, 0) is 4.74 Å². The molecule has 0 saturated carbocycles. The summed E-state index contributed by atoms with van der Waals surface area (Å²) < 4.78 is 5.27. The molecule has 1 amide bonds. The summed E-state index contributed by atoms with van der Waals surface area (Å²) >= 11 is 10.1. The van der Waals surface area contributed by atoms with Gasteiger partial charge in [0.2, 0.25) is 0 Å². The SMILES string of the molecule is C=C(C)COCCNC(=O)c1cc(S)ccc1Cl. The zero-order valence-electron chi connectivity index (χ0n) is 10.2. The molecule has 5 heteroatoms.